The van der Waals surface area contributed by atoms with Crippen LogP contribution in [-0.2, 0) is 14.3 Å². The molecule has 0 aromatic heterocycles. The average Bonchev–Trinajstić information content (AvgIpc) is 1.96. The predicted octanol–water partition coefficient (Wildman–Crippen LogP) is -0.562. The van der Waals surface area contributed by atoms with Crippen molar-refractivity contribution in [1.82, 2.24) is 5.32 Å². The van der Waals surface area contributed by atoms with Gasteiger partial charge < -0.3 is 10.1 Å². The van der Waals surface area contributed by atoms with Crippen LogP contribution in [0, 0.1) is 0 Å². The third-order valence-corrected chi connectivity index (χ3v) is 1.31. The number of hydrogen-bond donors (Lipinski definition) is 1. The first-order valence-corrected chi connectivity index (χ1v) is 3.17. The molecule has 1 heterocycles. The molecule has 1 unspecified atom stereocenters. The van der Waals surface area contributed by atoms with E-state index in [0.29, 0.717) is 6.54 Å². The Kier molecular flexibility index (Phi) is 1.89. The minimum absolute atomic E-state index is 0.217. The lowest BCUT2D eigenvalue weighted by Gasteiger charge is -2.05. The van der Waals surface area contributed by atoms with Gasteiger partial charge in [-0.15, -0.1) is 0 Å². The zero-order chi connectivity index (χ0) is 7.56. The number of hydrogen-bond acceptors (Lipinski definition) is 3. The van der Waals surface area contributed by atoms with Crippen molar-refractivity contribution in [1.29, 1.82) is 0 Å². The summed E-state index contributed by atoms with van der Waals surface area (Å²) in [7, 11) is 0. The summed E-state index contributed by atoms with van der Waals surface area (Å²) in [5.41, 5.74) is 0. The molecule has 1 fully saturated rings. The molecule has 4 nitrogen and oxygen atoms in total. The molecular weight excluding hydrogens is 134 g/mol. The Labute approximate surface area is 58.5 Å². The molecule has 1 aliphatic rings. The molecule has 0 aromatic rings. The summed E-state index contributed by atoms with van der Waals surface area (Å²) in [5, 5.41) is 2.54. The Hall–Kier alpha value is -1.06. The molecule has 4 heteroatoms. The highest BCUT2D eigenvalue weighted by Crippen LogP contribution is 1.98. The predicted molar refractivity (Wildman–Crippen MR) is 33.2 cm³/mol. The highest BCUT2D eigenvalue weighted by Gasteiger charge is 2.20. The summed E-state index contributed by atoms with van der Waals surface area (Å²) in [6.45, 7) is 1.94. The van der Waals surface area contributed by atoms with Gasteiger partial charge in [0.25, 0.3) is 5.91 Å². The van der Waals surface area contributed by atoms with Crippen LogP contribution >= 0.6 is 0 Å². The number of amides is 1. The Morgan fingerprint density at radius 2 is 2.30 bits per heavy atom. The van der Waals surface area contributed by atoms with Crippen molar-refractivity contribution in [2.75, 3.05) is 6.54 Å². The fourth-order valence-corrected chi connectivity index (χ4v) is 0.741. The highest BCUT2D eigenvalue weighted by atomic mass is 16.5. The van der Waals surface area contributed by atoms with Crippen LogP contribution < -0.4 is 5.32 Å². The number of cyclic esters (lactones) is 1. The van der Waals surface area contributed by atoms with Gasteiger partial charge in [-0.1, -0.05) is 0 Å². The quantitative estimate of drug-likeness (QED) is 0.462. The Balaban J connectivity index is 2.57. The monoisotopic (exact) mass is 143 g/mol. The largest absolute Gasteiger partial charge is 0.452 e. The lowest BCUT2D eigenvalue weighted by atomic mass is 10.4. The van der Waals surface area contributed by atoms with Gasteiger partial charge in [-0.05, 0) is 6.92 Å². The Bertz CT molecular complexity index is 166. The molecule has 1 saturated heterocycles. The number of esters is 1. The van der Waals surface area contributed by atoms with Crippen molar-refractivity contribution in [3.63, 3.8) is 0 Å². The summed E-state index contributed by atoms with van der Waals surface area (Å²) in [6, 6.07) is 0. The van der Waals surface area contributed by atoms with Crippen molar-refractivity contribution < 1.29 is 14.3 Å². The minimum Gasteiger partial charge on any atom is -0.452 e. The zero-order valence-corrected chi connectivity index (χ0v) is 5.72. The lowest BCUT2D eigenvalue weighted by molar-refractivity contribution is -0.151. The molecule has 0 saturated carbocycles. The van der Waals surface area contributed by atoms with Crippen molar-refractivity contribution in [3.05, 3.63) is 0 Å². The van der Waals surface area contributed by atoms with Gasteiger partial charge in [0.2, 0.25) is 0 Å². The summed E-state index contributed by atoms with van der Waals surface area (Å²) in [6.07, 6.45) is -0.356. The average molecular weight is 143 g/mol. The normalized spacial score (nSPS) is 26.7. The van der Waals surface area contributed by atoms with Gasteiger partial charge in [0.05, 0.1) is 6.42 Å². The van der Waals surface area contributed by atoms with Crippen molar-refractivity contribution in [2.24, 2.45) is 0 Å². The molecule has 1 N–H and O–H groups in total. The maximum absolute atomic E-state index is 10.8. The van der Waals surface area contributed by atoms with Crippen molar-refractivity contribution in [2.45, 2.75) is 19.4 Å². The first-order chi connectivity index (χ1) is 4.70. The fourth-order valence-electron chi connectivity index (χ4n) is 0.741. The lowest BCUT2D eigenvalue weighted by Crippen LogP contribution is -2.31. The molecule has 1 atom stereocenters. The number of carbonyl (C=O) groups excluding carboxylic acids is 2. The molecule has 0 radical (unpaired) electrons. The van der Waals surface area contributed by atoms with Crippen LogP contribution in [0.15, 0.2) is 0 Å². The van der Waals surface area contributed by atoms with Gasteiger partial charge in [0.1, 0.15) is 0 Å². The molecular formula is C6H9NO3. The maximum atomic E-state index is 10.8. The molecule has 1 aliphatic heterocycles. The third-order valence-electron chi connectivity index (χ3n) is 1.31. The first-order valence-electron chi connectivity index (χ1n) is 3.17. The SMILES string of the molecule is CC1OC(=O)CCNC1=O. The smallest absolute Gasteiger partial charge is 0.308 e. The second-order valence-corrected chi connectivity index (χ2v) is 2.17. The molecule has 0 bridgehead atoms. The minimum atomic E-state index is -0.630. The fraction of sp³-hybridized carbons (Fsp3) is 0.667. The Morgan fingerprint density at radius 1 is 1.60 bits per heavy atom. The summed E-state index contributed by atoms with van der Waals surface area (Å²) >= 11 is 0. The van der Waals surface area contributed by atoms with E-state index in [0.717, 1.165) is 0 Å². The molecule has 1 amide bonds. The molecule has 0 spiro atoms. The van der Waals surface area contributed by atoms with Crippen LogP contribution in [0.2, 0.25) is 0 Å². The number of ether oxygens (including phenoxy) is 1. The second-order valence-electron chi connectivity index (χ2n) is 2.17. The van der Waals surface area contributed by atoms with Crippen LogP contribution in [0.25, 0.3) is 0 Å². The van der Waals surface area contributed by atoms with E-state index in [-0.39, 0.29) is 18.3 Å². The van der Waals surface area contributed by atoms with E-state index in [1.165, 1.54) is 0 Å². The molecule has 0 aromatic carbocycles. The van der Waals surface area contributed by atoms with Gasteiger partial charge in [-0.2, -0.15) is 0 Å². The van der Waals surface area contributed by atoms with Gasteiger partial charge in [0.15, 0.2) is 6.10 Å². The van der Waals surface area contributed by atoms with Gasteiger partial charge in [-0.3, -0.25) is 9.59 Å². The summed E-state index contributed by atoms with van der Waals surface area (Å²) < 4.78 is 4.67. The highest BCUT2D eigenvalue weighted by molar-refractivity contribution is 5.85. The molecule has 56 valence electrons. The second kappa shape index (κ2) is 2.68. The van der Waals surface area contributed by atoms with E-state index in [2.05, 4.69) is 10.1 Å². The first kappa shape index (κ1) is 7.05. The topological polar surface area (TPSA) is 55.4 Å². The van der Waals surface area contributed by atoms with Crippen LogP contribution in [0.3, 0.4) is 0 Å². The number of nitrogens with one attached hydrogen (secondary N) is 1. The van der Waals surface area contributed by atoms with Crippen LogP contribution in [0.5, 0.6) is 0 Å². The summed E-state index contributed by atoms with van der Waals surface area (Å²) in [5.74, 6) is -0.531. The maximum Gasteiger partial charge on any atom is 0.308 e. The van der Waals surface area contributed by atoms with E-state index >= 15 is 0 Å². The summed E-state index contributed by atoms with van der Waals surface area (Å²) in [4.78, 5) is 21.4. The third kappa shape index (κ3) is 1.46. The van der Waals surface area contributed by atoms with Crippen LogP contribution in [0.1, 0.15) is 13.3 Å². The molecule has 1 rings (SSSR count). The van der Waals surface area contributed by atoms with E-state index in [4.69, 9.17) is 0 Å². The van der Waals surface area contributed by atoms with Crippen molar-refractivity contribution >= 4 is 11.9 Å². The van der Waals surface area contributed by atoms with E-state index < -0.39 is 6.10 Å². The van der Waals surface area contributed by atoms with E-state index in [1.807, 2.05) is 0 Å². The molecule has 0 aliphatic carbocycles. The number of carbonyl (C=O) groups is 2. The van der Waals surface area contributed by atoms with Crippen LogP contribution in [0.4, 0.5) is 0 Å². The van der Waals surface area contributed by atoms with Crippen LogP contribution in [-0.4, -0.2) is 24.5 Å². The van der Waals surface area contributed by atoms with E-state index in [9.17, 15) is 9.59 Å². The van der Waals surface area contributed by atoms with Gasteiger partial charge in [0, 0.05) is 6.54 Å². The zero-order valence-electron chi connectivity index (χ0n) is 5.72. The standard InChI is InChI=1S/C6H9NO3/c1-4-6(9)7-3-2-5(8)10-4/h4H,2-3H2,1H3,(H,7,9). The number of rotatable bonds is 0. The molecule has 10 heavy (non-hydrogen) atoms. The Morgan fingerprint density at radius 3 is 3.00 bits per heavy atom. The van der Waals surface area contributed by atoms with Gasteiger partial charge >= 0.3 is 5.97 Å². The van der Waals surface area contributed by atoms with E-state index in [1.54, 1.807) is 6.92 Å². The van der Waals surface area contributed by atoms with Crippen molar-refractivity contribution in [3.8, 4) is 0 Å². The van der Waals surface area contributed by atoms with Gasteiger partial charge in [-0.25, -0.2) is 0 Å².